The molecule has 0 aliphatic heterocycles. The van der Waals surface area contributed by atoms with Gasteiger partial charge in [0.2, 0.25) is 0 Å². The molecule has 22 heavy (non-hydrogen) atoms. The zero-order valence-electron chi connectivity index (χ0n) is 12.6. The van der Waals surface area contributed by atoms with Crippen LogP contribution in [0.25, 0.3) is 22.4 Å². The lowest BCUT2D eigenvalue weighted by Crippen LogP contribution is -1.95. The molecule has 0 atom stereocenters. The second-order valence-corrected chi connectivity index (χ2v) is 5.76. The third-order valence-corrected chi connectivity index (χ3v) is 4.22. The smallest absolute Gasteiger partial charge is 0.161 e. The van der Waals surface area contributed by atoms with Crippen molar-refractivity contribution in [2.24, 2.45) is 0 Å². The summed E-state index contributed by atoms with van der Waals surface area (Å²) in [6.45, 7) is 2.58. The van der Waals surface area contributed by atoms with Crippen molar-refractivity contribution in [3.63, 3.8) is 0 Å². The van der Waals surface area contributed by atoms with Crippen LogP contribution in [0.15, 0.2) is 42.5 Å². The topological polar surface area (TPSA) is 31.4 Å². The number of hydrogen-bond acceptors (Lipinski definition) is 4. The number of para-hydroxylation sites is 1. The number of benzene rings is 2. The van der Waals surface area contributed by atoms with Crippen LogP contribution < -0.4 is 9.47 Å². The Kier molecular flexibility index (Phi) is 4.39. The number of nitrogens with zero attached hydrogens (tertiary/aromatic N) is 1. The molecule has 0 spiro atoms. The highest BCUT2D eigenvalue weighted by atomic mass is 32.1. The van der Waals surface area contributed by atoms with Crippen LogP contribution in [0.2, 0.25) is 0 Å². The lowest BCUT2D eigenvalue weighted by atomic mass is 10.2. The number of methoxy groups -OCH3 is 1. The van der Waals surface area contributed by atoms with Crippen molar-refractivity contribution in [2.75, 3.05) is 13.7 Å². The molecule has 0 aliphatic carbocycles. The zero-order valence-corrected chi connectivity index (χ0v) is 13.4. The van der Waals surface area contributed by atoms with Crippen LogP contribution in [0.1, 0.15) is 17.5 Å². The molecule has 3 aromatic rings. The number of fused-ring (bicyclic) bond motifs is 1. The number of thiazole rings is 1. The largest absolute Gasteiger partial charge is 0.493 e. The molecule has 0 bridgehead atoms. The Morgan fingerprint density at radius 1 is 1.09 bits per heavy atom. The fourth-order valence-electron chi connectivity index (χ4n) is 2.19. The van der Waals surface area contributed by atoms with Gasteiger partial charge in [-0.15, -0.1) is 11.3 Å². The Morgan fingerprint density at radius 2 is 1.95 bits per heavy atom. The van der Waals surface area contributed by atoms with E-state index >= 15 is 0 Å². The summed E-state index contributed by atoms with van der Waals surface area (Å²) < 4.78 is 12.1. The molecule has 4 heteroatoms. The van der Waals surface area contributed by atoms with Crippen molar-refractivity contribution in [1.29, 1.82) is 0 Å². The van der Waals surface area contributed by atoms with Crippen molar-refractivity contribution in [2.45, 2.75) is 6.92 Å². The number of hydrogen-bond donors (Lipinski definition) is 0. The minimum atomic E-state index is 0.622. The molecule has 2 aromatic carbocycles. The molecule has 0 aliphatic rings. The average Bonchev–Trinajstić information content (AvgIpc) is 2.97. The molecule has 112 valence electrons. The van der Waals surface area contributed by atoms with Gasteiger partial charge in [-0.1, -0.05) is 24.3 Å². The van der Waals surface area contributed by atoms with Gasteiger partial charge in [0.15, 0.2) is 11.5 Å². The summed E-state index contributed by atoms with van der Waals surface area (Å²) in [5.41, 5.74) is 2.09. The molecular weight excluding hydrogens is 294 g/mol. The van der Waals surface area contributed by atoms with E-state index in [1.165, 1.54) is 4.70 Å². The van der Waals surface area contributed by atoms with Crippen LogP contribution in [0.5, 0.6) is 11.5 Å². The van der Waals surface area contributed by atoms with Gasteiger partial charge in [-0.05, 0) is 42.8 Å². The zero-order chi connectivity index (χ0) is 15.4. The normalized spacial score (nSPS) is 11.2. The van der Waals surface area contributed by atoms with Gasteiger partial charge in [0.25, 0.3) is 0 Å². The van der Waals surface area contributed by atoms with Crippen molar-refractivity contribution in [3.05, 3.63) is 53.0 Å². The molecule has 1 heterocycles. The Bertz CT molecular complexity index is 775. The Hall–Kier alpha value is -2.33. The van der Waals surface area contributed by atoms with E-state index in [1.807, 2.05) is 55.5 Å². The van der Waals surface area contributed by atoms with Gasteiger partial charge in [0.05, 0.1) is 23.9 Å². The number of rotatable bonds is 5. The lowest BCUT2D eigenvalue weighted by molar-refractivity contribution is 0.311. The summed E-state index contributed by atoms with van der Waals surface area (Å²) >= 11 is 1.68. The van der Waals surface area contributed by atoms with Gasteiger partial charge in [-0.25, -0.2) is 4.98 Å². The summed E-state index contributed by atoms with van der Waals surface area (Å²) in [4.78, 5) is 4.59. The van der Waals surface area contributed by atoms with E-state index < -0.39 is 0 Å². The van der Waals surface area contributed by atoms with Crippen molar-refractivity contribution >= 4 is 33.7 Å². The van der Waals surface area contributed by atoms with Crippen molar-refractivity contribution < 1.29 is 9.47 Å². The predicted octanol–water partition coefficient (Wildman–Crippen LogP) is 4.87. The van der Waals surface area contributed by atoms with Crippen LogP contribution in [-0.2, 0) is 0 Å². The monoisotopic (exact) mass is 311 g/mol. The molecular formula is C18H17NO2S. The molecule has 0 fully saturated rings. The number of aromatic nitrogens is 1. The van der Waals surface area contributed by atoms with Gasteiger partial charge in [0.1, 0.15) is 5.01 Å². The molecule has 3 nitrogen and oxygen atoms in total. The minimum absolute atomic E-state index is 0.622. The Balaban J connectivity index is 1.85. The van der Waals surface area contributed by atoms with Crippen molar-refractivity contribution in [3.8, 4) is 11.5 Å². The summed E-state index contributed by atoms with van der Waals surface area (Å²) in [5.74, 6) is 1.51. The highest BCUT2D eigenvalue weighted by molar-refractivity contribution is 7.19. The first-order valence-corrected chi connectivity index (χ1v) is 7.96. The van der Waals surface area contributed by atoms with E-state index in [9.17, 15) is 0 Å². The first-order chi connectivity index (χ1) is 10.8. The second kappa shape index (κ2) is 6.62. The molecule has 0 saturated heterocycles. The van der Waals surface area contributed by atoms with E-state index in [0.29, 0.717) is 6.61 Å². The van der Waals surface area contributed by atoms with Gasteiger partial charge < -0.3 is 9.47 Å². The maximum Gasteiger partial charge on any atom is 0.161 e. The van der Waals surface area contributed by atoms with Gasteiger partial charge >= 0.3 is 0 Å². The third-order valence-electron chi connectivity index (χ3n) is 3.22. The molecule has 0 amide bonds. The van der Waals surface area contributed by atoms with E-state index in [-0.39, 0.29) is 0 Å². The van der Waals surface area contributed by atoms with E-state index in [4.69, 9.17) is 9.47 Å². The molecule has 3 rings (SSSR count). The fraction of sp³-hybridized carbons (Fsp3) is 0.167. The van der Waals surface area contributed by atoms with E-state index in [1.54, 1.807) is 18.4 Å². The molecule has 0 saturated carbocycles. The van der Waals surface area contributed by atoms with Crippen LogP contribution in [0.3, 0.4) is 0 Å². The highest BCUT2D eigenvalue weighted by Gasteiger charge is 2.04. The van der Waals surface area contributed by atoms with Crippen molar-refractivity contribution in [1.82, 2.24) is 4.98 Å². The van der Waals surface area contributed by atoms with Crippen LogP contribution in [-0.4, -0.2) is 18.7 Å². The number of ether oxygens (including phenoxy) is 2. The second-order valence-electron chi connectivity index (χ2n) is 4.70. The maximum atomic E-state index is 5.53. The lowest BCUT2D eigenvalue weighted by Gasteiger charge is -2.09. The van der Waals surface area contributed by atoms with Crippen LogP contribution >= 0.6 is 11.3 Å². The molecule has 0 radical (unpaired) electrons. The molecule has 1 aromatic heterocycles. The first-order valence-electron chi connectivity index (χ1n) is 7.14. The summed E-state index contributed by atoms with van der Waals surface area (Å²) in [5, 5.41) is 0.994. The van der Waals surface area contributed by atoms with Crippen LogP contribution in [0, 0.1) is 0 Å². The summed E-state index contributed by atoms with van der Waals surface area (Å²) in [6, 6.07) is 14.1. The van der Waals surface area contributed by atoms with E-state index in [0.717, 1.165) is 27.6 Å². The predicted molar refractivity (Wildman–Crippen MR) is 92.7 cm³/mol. The van der Waals surface area contributed by atoms with Gasteiger partial charge in [-0.3, -0.25) is 0 Å². The van der Waals surface area contributed by atoms with Crippen LogP contribution in [0.4, 0.5) is 0 Å². The molecule has 0 unspecified atom stereocenters. The first kappa shape index (κ1) is 14.6. The quantitative estimate of drug-likeness (QED) is 0.673. The van der Waals surface area contributed by atoms with Gasteiger partial charge in [-0.2, -0.15) is 0 Å². The SMILES string of the molecule is CCOc1ccc(/C=C/c2nc3ccccc3s2)cc1OC. The summed E-state index contributed by atoms with van der Waals surface area (Å²) in [6.07, 6.45) is 4.07. The maximum absolute atomic E-state index is 5.53. The summed E-state index contributed by atoms with van der Waals surface area (Å²) in [7, 11) is 1.65. The third kappa shape index (κ3) is 3.12. The fourth-order valence-corrected chi connectivity index (χ4v) is 3.06. The highest BCUT2D eigenvalue weighted by Crippen LogP contribution is 2.29. The van der Waals surface area contributed by atoms with E-state index in [2.05, 4.69) is 11.1 Å². The minimum Gasteiger partial charge on any atom is -0.493 e. The van der Waals surface area contributed by atoms with Gasteiger partial charge in [0, 0.05) is 0 Å². The average molecular weight is 311 g/mol. The standard InChI is InChI=1S/C18H17NO2S/c1-3-21-15-10-8-13(12-16(15)20-2)9-11-18-19-14-6-4-5-7-17(14)22-18/h4-12H,3H2,1-2H3/b11-9+. The molecule has 0 N–H and O–H groups in total. The Labute approximate surface area is 133 Å². The Morgan fingerprint density at radius 3 is 2.73 bits per heavy atom.